The molecule has 0 heterocycles. The second-order valence-electron chi connectivity index (χ2n) is 3.85. The van der Waals surface area contributed by atoms with E-state index in [1.165, 1.54) is 14.0 Å². The van der Waals surface area contributed by atoms with Crippen LogP contribution >= 0.6 is 0 Å². The zero-order valence-corrected chi connectivity index (χ0v) is 11.7. The molecule has 0 unspecified atom stereocenters. The van der Waals surface area contributed by atoms with Crippen molar-refractivity contribution in [2.75, 3.05) is 20.3 Å². The Morgan fingerprint density at radius 1 is 1.11 bits per heavy atom. The molecule has 0 spiro atoms. The van der Waals surface area contributed by atoms with Gasteiger partial charge in [-0.25, -0.2) is 0 Å². The van der Waals surface area contributed by atoms with Gasteiger partial charge in [-0.3, -0.25) is 9.59 Å². The average Bonchev–Trinajstić information content (AvgIpc) is 2.38. The van der Waals surface area contributed by atoms with Gasteiger partial charge in [-0.05, 0) is 32.9 Å². The zero-order chi connectivity index (χ0) is 14.4. The topological polar surface area (TPSA) is 64.6 Å². The number of Topliss-reactive ketones (excluding diaryl/α,β-unsaturated/α-hetero) is 1. The molecule has 0 saturated carbocycles. The molecule has 0 saturated heterocycles. The molecule has 104 valence electrons. The van der Waals surface area contributed by atoms with Crippen molar-refractivity contribution in [3.05, 3.63) is 23.3 Å². The van der Waals surface area contributed by atoms with E-state index in [4.69, 9.17) is 9.47 Å². The number of benzene rings is 1. The monoisotopic (exact) mass is 265 g/mol. The number of hydrogen-bond acceptors (Lipinski definition) is 4. The Morgan fingerprint density at radius 3 is 1.89 bits per heavy atom. The number of nitrogens with one attached hydrogen (secondary N) is 1. The first kappa shape index (κ1) is 15.0. The van der Waals surface area contributed by atoms with Gasteiger partial charge in [0, 0.05) is 12.6 Å². The van der Waals surface area contributed by atoms with E-state index in [-0.39, 0.29) is 11.7 Å². The van der Waals surface area contributed by atoms with Crippen LogP contribution in [0, 0.1) is 0 Å². The molecule has 0 bridgehead atoms. The maximum atomic E-state index is 11.9. The van der Waals surface area contributed by atoms with Crippen LogP contribution in [0.1, 0.15) is 41.5 Å². The number of ether oxygens (including phenoxy) is 2. The molecule has 1 aromatic carbocycles. The maximum Gasteiger partial charge on any atom is 0.258 e. The number of hydrogen-bond donors (Lipinski definition) is 1. The molecule has 1 N–H and O–H groups in total. The summed E-state index contributed by atoms with van der Waals surface area (Å²) in [5.74, 6) is 0.309. The highest BCUT2D eigenvalue weighted by atomic mass is 16.5. The van der Waals surface area contributed by atoms with Crippen LogP contribution in [0.5, 0.6) is 11.5 Å². The molecular weight excluding hydrogens is 246 g/mol. The predicted octanol–water partition coefficient (Wildman–Crippen LogP) is 2.05. The van der Waals surface area contributed by atoms with Crippen LogP contribution < -0.4 is 14.8 Å². The Kier molecular flexibility index (Phi) is 5.36. The van der Waals surface area contributed by atoms with E-state index in [1.807, 2.05) is 13.8 Å². The third-order valence-electron chi connectivity index (χ3n) is 2.53. The van der Waals surface area contributed by atoms with Crippen molar-refractivity contribution in [1.82, 2.24) is 5.32 Å². The molecule has 0 aliphatic carbocycles. The molecule has 0 aromatic heterocycles. The number of carbonyl (C=O) groups is 2. The van der Waals surface area contributed by atoms with E-state index >= 15 is 0 Å². The zero-order valence-electron chi connectivity index (χ0n) is 11.7. The number of carbonyl (C=O) groups excluding carboxylic acids is 2. The quantitative estimate of drug-likeness (QED) is 0.799. The fourth-order valence-electron chi connectivity index (χ4n) is 1.68. The Labute approximate surface area is 112 Å². The highest BCUT2D eigenvalue weighted by Crippen LogP contribution is 2.31. The van der Waals surface area contributed by atoms with Crippen LogP contribution in [0.15, 0.2) is 12.1 Å². The van der Waals surface area contributed by atoms with Gasteiger partial charge in [0.15, 0.2) is 5.78 Å². The molecule has 0 aliphatic rings. The standard InChI is InChI=1S/C14H19NO4/c1-5-18-11-7-10(9(3)16)8-12(19-6-2)13(11)14(17)15-4/h7-8H,5-6H2,1-4H3,(H,15,17). The third-order valence-corrected chi connectivity index (χ3v) is 2.53. The lowest BCUT2D eigenvalue weighted by molar-refractivity contribution is 0.0952. The lowest BCUT2D eigenvalue weighted by Gasteiger charge is -2.15. The number of ketones is 1. The molecule has 1 amide bonds. The lowest BCUT2D eigenvalue weighted by Crippen LogP contribution is -2.20. The Bertz CT molecular complexity index is 455. The van der Waals surface area contributed by atoms with E-state index in [2.05, 4.69) is 5.32 Å². The minimum Gasteiger partial charge on any atom is -0.493 e. The summed E-state index contributed by atoms with van der Waals surface area (Å²) in [4.78, 5) is 23.4. The van der Waals surface area contributed by atoms with Crippen molar-refractivity contribution in [1.29, 1.82) is 0 Å². The van der Waals surface area contributed by atoms with Gasteiger partial charge < -0.3 is 14.8 Å². The second kappa shape index (κ2) is 6.78. The van der Waals surface area contributed by atoms with Crippen LogP contribution in [-0.4, -0.2) is 32.0 Å². The molecule has 1 rings (SSSR count). The Balaban J connectivity index is 3.45. The predicted molar refractivity (Wildman–Crippen MR) is 72.2 cm³/mol. The summed E-state index contributed by atoms with van der Waals surface area (Å²) in [6.07, 6.45) is 0. The molecule has 5 heteroatoms. The number of rotatable bonds is 6. The summed E-state index contributed by atoms with van der Waals surface area (Å²) < 4.78 is 10.9. The van der Waals surface area contributed by atoms with Crippen molar-refractivity contribution in [2.45, 2.75) is 20.8 Å². The van der Waals surface area contributed by atoms with E-state index in [9.17, 15) is 9.59 Å². The van der Waals surface area contributed by atoms with Crippen molar-refractivity contribution in [3.63, 3.8) is 0 Å². The first-order valence-corrected chi connectivity index (χ1v) is 6.21. The Morgan fingerprint density at radius 2 is 1.58 bits per heavy atom. The number of amides is 1. The molecule has 1 aromatic rings. The van der Waals surface area contributed by atoms with Crippen molar-refractivity contribution in [2.24, 2.45) is 0 Å². The Hall–Kier alpha value is -2.04. The molecule has 5 nitrogen and oxygen atoms in total. The smallest absolute Gasteiger partial charge is 0.258 e. The molecular formula is C14H19NO4. The molecule has 0 aliphatic heterocycles. The van der Waals surface area contributed by atoms with Crippen LogP contribution in [0.25, 0.3) is 0 Å². The fourth-order valence-corrected chi connectivity index (χ4v) is 1.68. The summed E-state index contributed by atoms with van der Waals surface area (Å²) in [5, 5.41) is 2.54. The highest BCUT2D eigenvalue weighted by molar-refractivity contribution is 6.02. The second-order valence-corrected chi connectivity index (χ2v) is 3.85. The van der Waals surface area contributed by atoms with Crippen LogP contribution in [0.2, 0.25) is 0 Å². The third kappa shape index (κ3) is 3.47. The van der Waals surface area contributed by atoms with Gasteiger partial charge >= 0.3 is 0 Å². The minimum atomic E-state index is -0.304. The van der Waals surface area contributed by atoms with E-state index in [0.717, 1.165) is 0 Å². The van der Waals surface area contributed by atoms with Gasteiger partial charge in [0.2, 0.25) is 0 Å². The highest BCUT2D eigenvalue weighted by Gasteiger charge is 2.20. The summed E-state index contributed by atoms with van der Waals surface area (Å²) in [7, 11) is 1.53. The summed E-state index contributed by atoms with van der Waals surface area (Å²) in [5.41, 5.74) is 0.774. The average molecular weight is 265 g/mol. The molecule has 0 atom stereocenters. The van der Waals surface area contributed by atoms with Gasteiger partial charge in [-0.1, -0.05) is 0 Å². The van der Waals surface area contributed by atoms with Crippen molar-refractivity contribution < 1.29 is 19.1 Å². The van der Waals surface area contributed by atoms with Gasteiger partial charge in [0.25, 0.3) is 5.91 Å². The van der Waals surface area contributed by atoms with Crippen molar-refractivity contribution >= 4 is 11.7 Å². The normalized spacial score (nSPS) is 9.89. The SMILES string of the molecule is CCOc1cc(C(C)=O)cc(OCC)c1C(=O)NC. The van der Waals surface area contributed by atoms with E-state index in [1.54, 1.807) is 12.1 Å². The molecule has 0 fully saturated rings. The lowest BCUT2D eigenvalue weighted by atomic mass is 10.1. The maximum absolute atomic E-state index is 11.9. The molecule has 0 radical (unpaired) electrons. The van der Waals surface area contributed by atoms with Crippen LogP contribution in [-0.2, 0) is 0 Å². The van der Waals surface area contributed by atoms with E-state index in [0.29, 0.717) is 35.8 Å². The first-order valence-electron chi connectivity index (χ1n) is 6.21. The van der Waals surface area contributed by atoms with Gasteiger partial charge in [0.1, 0.15) is 17.1 Å². The summed E-state index contributed by atoms with van der Waals surface area (Å²) in [6, 6.07) is 3.14. The van der Waals surface area contributed by atoms with E-state index < -0.39 is 0 Å². The first-order chi connectivity index (χ1) is 9.04. The minimum absolute atomic E-state index is 0.106. The fraction of sp³-hybridized carbons (Fsp3) is 0.429. The van der Waals surface area contributed by atoms with Gasteiger partial charge in [0.05, 0.1) is 13.2 Å². The van der Waals surface area contributed by atoms with Crippen LogP contribution in [0.4, 0.5) is 0 Å². The van der Waals surface area contributed by atoms with Gasteiger partial charge in [-0.2, -0.15) is 0 Å². The van der Waals surface area contributed by atoms with Gasteiger partial charge in [-0.15, -0.1) is 0 Å². The van der Waals surface area contributed by atoms with Crippen molar-refractivity contribution in [3.8, 4) is 11.5 Å². The summed E-state index contributed by atoms with van der Waals surface area (Å²) >= 11 is 0. The summed E-state index contributed by atoms with van der Waals surface area (Å²) in [6.45, 7) is 5.89. The largest absolute Gasteiger partial charge is 0.493 e. The molecule has 19 heavy (non-hydrogen) atoms. The van der Waals surface area contributed by atoms with Crippen LogP contribution in [0.3, 0.4) is 0 Å².